The van der Waals surface area contributed by atoms with Crippen molar-refractivity contribution in [3.05, 3.63) is 92.6 Å². The zero-order valence-electron chi connectivity index (χ0n) is 17.6. The van der Waals surface area contributed by atoms with Gasteiger partial charge in [-0.3, -0.25) is 9.36 Å². The van der Waals surface area contributed by atoms with Gasteiger partial charge >= 0.3 is 5.69 Å². The molecule has 2 aromatic heterocycles. The van der Waals surface area contributed by atoms with Crippen molar-refractivity contribution in [3.8, 4) is 5.69 Å². The minimum Gasteiger partial charge on any atom is -0.320 e. The maximum absolute atomic E-state index is 13.9. The summed E-state index contributed by atoms with van der Waals surface area (Å²) in [5.74, 6) is -2.27. The lowest BCUT2D eigenvalue weighted by atomic mass is 10.1. The maximum atomic E-state index is 13.9. The minimum absolute atomic E-state index is 0.0362. The van der Waals surface area contributed by atoms with Crippen molar-refractivity contribution in [1.29, 1.82) is 0 Å². The van der Waals surface area contributed by atoms with Crippen LogP contribution in [0.3, 0.4) is 0 Å². The molecule has 2 heterocycles. The summed E-state index contributed by atoms with van der Waals surface area (Å²) in [5.41, 5.74) is -0.335. The van der Waals surface area contributed by atoms with Gasteiger partial charge in [0, 0.05) is 13.1 Å². The number of benzene rings is 2. The fraction of sp³-hybridized carbons (Fsp3) is 0.261. The Balaban J connectivity index is 1.95. The number of rotatable bonds is 6. The van der Waals surface area contributed by atoms with E-state index in [9.17, 15) is 22.8 Å². The lowest BCUT2D eigenvalue weighted by Crippen LogP contribution is -2.40. The molecule has 0 atom stereocenters. The molecule has 0 unspecified atom stereocenters. The van der Waals surface area contributed by atoms with Gasteiger partial charge in [0.1, 0.15) is 5.82 Å². The van der Waals surface area contributed by atoms with Crippen LogP contribution in [0, 0.1) is 23.4 Å². The molecule has 0 saturated heterocycles. The summed E-state index contributed by atoms with van der Waals surface area (Å²) < 4.78 is 44.7. The second kappa shape index (κ2) is 8.49. The molecule has 0 saturated carbocycles. The molecule has 9 heteroatoms. The lowest BCUT2D eigenvalue weighted by molar-refractivity contribution is 0.491. The Morgan fingerprint density at radius 3 is 2.47 bits per heavy atom. The van der Waals surface area contributed by atoms with Crippen molar-refractivity contribution in [1.82, 2.24) is 18.7 Å². The first kappa shape index (κ1) is 21.6. The van der Waals surface area contributed by atoms with Gasteiger partial charge in [-0.05, 0) is 48.2 Å². The van der Waals surface area contributed by atoms with E-state index in [4.69, 9.17) is 0 Å². The van der Waals surface area contributed by atoms with Gasteiger partial charge in [0.15, 0.2) is 22.8 Å². The molecule has 0 radical (unpaired) electrons. The minimum atomic E-state index is -1.00. The molecule has 0 aliphatic rings. The molecule has 0 bridgehead atoms. The zero-order chi connectivity index (χ0) is 23.0. The van der Waals surface area contributed by atoms with E-state index in [0.29, 0.717) is 12.0 Å². The molecular weight excluding hydrogens is 421 g/mol. The predicted octanol–water partition coefficient (Wildman–Crippen LogP) is 3.86. The first-order valence-electron chi connectivity index (χ1n) is 10.2. The Morgan fingerprint density at radius 1 is 1.00 bits per heavy atom. The molecule has 0 fully saturated rings. The Hall–Kier alpha value is -3.62. The molecule has 0 amide bonds. The SMILES string of the molecule is CC(C)CCn1c(=O)c2c(ncn2Cc2ccc(F)c(F)c2)n(-c2cccc(F)c2)c1=O. The van der Waals surface area contributed by atoms with E-state index in [1.165, 1.54) is 39.7 Å². The van der Waals surface area contributed by atoms with Crippen molar-refractivity contribution in [2.75, 3.05) is 0 Å². The van der Waals surface area contributed by atoms with Crippen LogP contribution in [0.4, 0.5) is 13.2 Å². The highest BCUT2D eigenvalue weighted by atomic mass is 19.2. The predicted molar refractivity (Wildman–Crippen MR) is 114 cm³/mol. The van der Waals surface area contributed by atoms with Gasteiger partial charge in [0.25, 0.3) is 5.56 Å². The fourth-order valence-corrected chi connectivity index (χ4v) is 3.57. The molecule has 0 spiro atoms. The van der Waals surface area contributed by atoms with Crippen LogP contribution >= 0.6 is 0 Å². The number of halogens is 3. The first-order chi connectivity index (χ1) is 15.3. The van der Waals surface area contributed by atoms with E-state index < -0.39 is 28.7 Å². The van der Waals surface area contributed by atoms with Crippen molar-refractivity contribution >= 4 is 11.2 Å². The van der Waals surface area contributed by atoms with Crippen LogP contribution in [0.25, 0.3) is 16.9 Å². The number of aromatic nitrogens is 4. The van der Waals surface area contributed by atoms with E-state index in [-0.39, 0.29) is 35.9 Å². The number of fused-ring (bicyclic) bond motifs is 1. The molecule has 32 heavy (non-hydrogen) atoms. The molecule has 0 aliphatic carbocycles. The molecular formula is C23H21F3N4O2. The Morgan fingerprint density at radius 2 is 1.78 bits per heavy atom. The standard InChI is InChI=1S/C23H21F3N4O2/c1-14(2)8-9-29-22(31)20-21(30(23(29)32)17-5-3-4-16(24)11-17)27-13-28(20)12-15-6-7-18(25)19(26)10-15/h3-7,10-11,13-14H,8-9,12H2,1-2H3. The summed E-state index contributed by atoms with van der Waals surface area (Å²) in [4.78, 5) is 30.8. The summed E-state index contributed by atoms with van der Waals surface area (Å²) in [6.45, 7) is 4.16. The summed E-state index contributed by atoms with van der Waals surface area (Å²) >= 11 is 0. The van der Waals surface area contributed by atoms with Gasteiger partial charge in [-0.1, -0.05) is 26.0 Å². The van der Waals surface area contributed by atoms with Gasteiger partial charge in [-0.2, -0.15) is 0 Å². The molecule has 0 N–H and O–H groups in total. The van der Waals surface area contributed by atoms with Crippen molar-refractivity contribution in [2.45, 2.75) is 33.4 Å². The normalized spacial score (nSPS) is 11.6. The average molecular weight is 442 g/mol. The monoisotopic (exact) mass is 442 g/mol. The summed E-state index contributed by atoms with van der Waals surface area (Å²) in [6, 6.07) is 8.91. The van der Waals surface area contributed by atoms with Crippen molar-refractivity contribution in [3.63, 3.8) is 0 Å². The van der Waals surface area contributed by atoms with E-state index >= 15 is 0 Å². The van der Waals surface area contributed by atoms with Gasteiger partial charge in [-0.15, -0.1) is 0 Å². The van der Waals surface area contributed by atoms with Gasteiger partial charge in [-0.25, -0.2) is 27.5 Å². The van der Waals surface area contributed by atoms with Crippen LogP contribution in [-0.4, -0.2) is 18.7 Å². The zero-order valence-corrected chi connectivity index (χ0v) is 17.6. The Labute approximate surface area is 181 Å². The Bertz CT molecular complexity index is 1420. The number of nitrogens with zero attached hydrogens (tertiary/aromatic N) is 4. The highest BCUT2D eigenvalue weighted by molar-refractivity contribution is 5.72. The van der Waals surface area contributed by atoms with Gasteiger partial charge in [0.2, 0.25) is 0 Å². The Kier molecular flexibility index (Phi) is 5.73. The largest absolute Gasteiger partial charge is 0.337 e. The molecule has 4 rings (SSSR count). The molecule has 2 aromatic carbocycles. The van der Waals surface area contributed by atoms with Crippen LogP contribution in [0.1, 0.15) is 25.8 Å². The molecule has 6 nitrogen and oxygen atoms in total. The van der Waals surface area contributed by atoms with E-state index in [1.54, 1.807) is 6.07 Å². The number of imidazole rings is 1. The highest BCUT2D eigenvalue weighted by Crippen LogP contribution is 2.17. The van der Waals surface area contributed by atoms with E-state index in [1.807, 2.05) is 13.8 Å². The van der Waals surface area contributed by atoms with E-state index in [0.717, 1.165) is 16.7 Å². The van der Waals surface area contributed by atoms with Crippen molar-refractivity contribution in [2.24, 2.45) is 5.92 Å². The third-order valence-corrected chi connectivity index (χ3v) is 5.23. The summed E-state index contributed by atoms with van der Waals surface area (Å²) in [7, 11) is 0. The summed E-state index contributed by atoms with van der Waals surface area (Å²) in [5, 5.41) is 0. The van der Waals surface area contributed by atoms with Gasteiger partial charge < -0.3 is 4.57 Å². The molecule has 166 valence electrons. The quantitative estimate of drug-likeness (QED) is 0.456. The summed E-state index contributed by atoms with van der Waals surface area (Å²) in [6.07, 6.45) is 1.94. The second-order valence-electron chi connectivity index (χ2n) is 8.03. The van der Waals surface area contributed by atoms with E-state index in [2.05, 4.69) is 4.98 Å². The smallest absolute Gasteiger partial charge is 0.320 e. The highest BCUT2D eigenvalue weighted by Gasteiger charge is 2.20. The molecule has 0 aliphatic heterocycles. The van der Waals surface area contributed by atoms with Crippen LogP contribution in [0.2, 0.25) is 0 Å². The third-order valence-electron chi connectivity index (χ3n) is 5.23. The van der Waals surface area contributed by atoms with Crippen LogP contribution in [0.15, 0.2) is 58.4 Å². The maximum Gasteiger partial charge on any atom is 0.337 e. The molecule has 4 aromatic rings. The first-order valence-corrected chi connectivity index (χ1v) is 10.2. The number of hydrogen-bond acceptors (Lipinski definition) is 3. The van der Waals surface area contributed by atoms with Crippen LogP contribution < -0.4 is 11.2 Å². The fourth-order valence-electron chi connectivity index (χ4n) is 3.57. The number of hydrogen-bond donors (Lipinski definition) is 0. The topological polar surface area (TPSA) is 61.8 Å². The van der Waals surface area contributed by atoms with Gasteiger partial charge in [0.05, 0.1) is 12.0 Å². The average Bonchev–Trinajstić information content (AvgIpc) is 3.14. The second-order valence-corrected chi connectivity index (χ2v) is 8.03. The lowest BCUT2D eigenvalue weighted by Gasteiger charge is -2.14. The van der Waals surface area contributed by atoms with Crippen LogP contribution in [-0.2, 0) is 13.1 Å². The van der Waals surface area contributed by atoms with Crippen molar-refractivity contribution < 1.29 is 13.2 Å². The van der Waals surface area contributed by atoms with Crippen LogP contribution in [0.5, 0.6) is 0 Å². The third kappa shape index (κ3) is 3.98.